The maximum atomic E-state index is 13.5. The van der Waals surface area contributed by atoms with Crippen LogP contribution in [0.5, 0.6) is 0 Å². The van der Waals surface area contributed by atoms with Crippen molar-refractivity contribution in [1.82, 2.24) is 10.2 Å². The molecule has 0 saturated carbocycles. The molecule has 0 aromatic heterocycles. The van der Waals surface area contributed by atoms with Crippen molar-refractivity contribution in [3.05, 3.63) is 0 Å². The third-order valence-corrected chi connectivity index (χ3v) is 10.5. The van der Waals surface area contributed by atoms with Gasteiger partial charge in [0, 0.05) is 6.54 Å². The lowest BCUT2D eigenvalue weighted by molar-refractivity contribution is -0.189. The number of hydrogen-bond donors (Lipinski definition) is 1. The monoisotopic (exact) mass is 606 g/mol. The first kappa shape index (κ1) is 34.1. The Labute approximate surface area is 239 Å². The zero-order valence-corrected chi connectivity index (χ0v) is 29.6. The molecule has 4 unspecified atom stereocenters. The summed E-state index contributed by atoms with van der Waals surface area (Å²) in [4.78, 5) is 28.2. The van der Waals surface area contributed by atoms with Crippen molar-refractivity contribution < 1.29 is 27.6 Å². The first-order valence-electron chi connectivity index (χ1n) is 14.1. The summed E-state index contributed by atoms with van der Waals surface area (Å²) in [5, 5.41) is 3.05. The van der Waals surface area contributed by atoms with Gasteiger partial charge in [-0.05, 0) is 91.0 Å². The van der Waals surface area contributed by atoms with Crippen molar-refractivity contribution in [2.45, 2.75) is 127 Å². The van der Waals surface area contributed by atoms with Crippen LogP contribution in [0.2, 0.25) is 58.9 Å². The number of carbonyl (C=O) groups is 2. The summed E-state index contributed by atoms with van der Waals surface area (Å²) in [5.41, 5.74) is -0.350. The fourth-order valence-electron chi connectivity index (χ4n) is 5.42. The van der Waals surface area contributed by atoms with Gasteiger partial charge in [0.1, 0.15) is 42.2 Å². The van der Waals surface area contributed by atoms with E-state index in [1.54, 1.807) is 11.8 Å². The maximum Gasteiger partial charge on any atom is 0.238 e. The summed E-state index contributed by atoms with van der Waals surface area (Å²) in [6.45, 7) is 22.4. The fourth-order valence-corrected chi connectivity index (χ4v) is 9.48. The average molecular weight is 607 g/mol. The van der Waals surface area contributed by atoms with E-state index in [1.165, 1.54) is 0 Å². The average Bonchev–Trinajstić information content (AvgIpc) is 3.12. The first-order valence-corrected chi connectivity index (χ1v) is 25.6. The minimum absolute atomic E-state index is 0.123. The van der Waals surface area contributed by atoms with E-state index in [4.69, 9.17) is 18.0 Å². The van der Waals surface area contributed by atoms with Gasteiger partial charge >= 0.3 is 0 Å². The highest BCUT2D eigenvalue weighted by Crippen LogP contribution is 2.37. The molecule has 0 aromatic carbocycles. The molecule has 2 saturated heterocycles. The van der Waals surface area contributed by atoms with E-state index >= 15 is 0 Å². The number of nitrogens with zero attached hydrogens (tertiary/aromatic N) is 1. The number of rotatable bonds is 13. The van der Waals surface area contributed by atoms with Gasteiger partial charge in [0.15, 0.2) is 25.0 Å². The fraction of sp³-hybridized carbons (Fsp3) is 0.923. The van der Waals surface area contributed by atoms with Crippen molar-refractivity contribution >= 4 is 48.9 Å². The van der Waals surface area contributed by atoms with E-state index in [2.05, 4.69) is 76.1 Å². The van der Waals surface area contributed by atoms with Gasteiger partial charge in [-0.3, -0.25) is 9.69 Å². The molecular formula is C26H54N2O6SSi3. The molecule has 0 bridgehead atoms. The number of ether oxygens (including phenoxy) is 1. The van der Waals surface area contributed by atoms with E-state index in [0.717, 1.165) is 32.1 Å². The van der Waals surface area contributed by atoms with Crippen LogP contribution in [-0.4, -0.2) is 104 Å². The van der Waals surface area contributed by atoms with Gasteiger partial charge in [-0.25, -0.2) is 0 Å². The van der Waals surface area contributed by atoms with Crippen molar-refractivity contribution in [1.29, 1.82) is 0 Å². The molecule has 0 aromatic rings. The van der Waals surface area contributed by atoms with Crippen molar-refractivity contribution in [2.24, 2.45) is 5.92 Å². The highest BCUT2D eigenvalue weighted by atomic mass is 32.2. The lowest BCUT2D eigenvalue weighted by Crippen LogP contribution is -2.68. The molecule has 2 aliphatic heterocycles. The Morgan fingerprint density at radius 2 is 1.53 bits per heavy atom. The van der Waals surface area contributed by atoms with Crippen LogP contribution in [0.25, 0.3) is 0 Å². The number of thioether (sulfide) groups is 1. The number of likely N-dealkylation sites (N-methyl/N-ethyl adjacent to an activating group) is 1. The molecule has 8 nitrogen and oxygen atoms in total. The zero-order valence-electron chi connectivity index (χ0n) is 25.8. The van der Waals surface area contributed by atoms with Gasteiger partial charge in [0.05, 0.1) is 6.04 Å². The zero-order chi connectivity index (χ0) is 29.1. The van der Waals surface area contributed by atoms with Crippen molar-refractivity contribution in [3.63, 3.8) is 0 Å². The number of likely N-dealkylation sites (tertiary alicyclic amines) is 1. The molecule has 12 heteroatoms. The summed E-state index contributed by atoms with van der Waals surface area (Å²) in [7, 11) is -4.15. The van der Waals surface area contributed by atoms with Gasteiger partial charge in [0.25, 0.3) is 0 Å². The van der Waals surface area contributed by atoms with E-state index in [1.807, 2.05) is 13.3 Å². The number of carbonyl (C=O) groups excluding carboxylic acids is 2. The highest BCUT2D eigenvalue weighted by molar-refractivity contribution is 7.99. The predicted molar refractivity (Wildman–Crippen MR) is 164 cm³/mol. The van der Waals surface area contributed by atoms with Crippen LogP contribution in [-0.2, 0) is 27.6 Å². The molecule has 222 valence electrons. The van der Waals surface area contributed by atoms with Gasteiger partial charge in [-0.15, -0.1) is 11.8 Å². The molecule has 38 heavy (non-hydrogen) atoms. The van der Waals surface area contributed by atoms with Crippen molar-refractivity contribution in [2.75, 3.05) is 19.8 Å². The number of nitrogens with one attached hydrogen (secondary N) is 1. The third kappa shape index (κ3) is 10.1. The molecule has 0 aliphatic carbocycles. The second-order valence-electron chi connectivity index (χ2n) is 13.8. The lowest BCUT2D eigenvalue weighted by Gasteiger charge is -2.51. The summed E-state index contributed by atoms with van der Waals surface area (Å²) in [6.07, 6.45) is 3.86. The first-order chi connectivity index (χ1) is 17.4. The van der Waals surface area contributed by atoms with Gasteiger partial charge in [-0.1, -0.05) is 13.3 Å². The summed E-state index contributed by atoms with van der Waals surface area (Å²) in [5.74, 6) is 0.376. The number of amides is 1. The molecule has 2 aliphatic rings. The van der Waals surface area contributed by atoms with Crippen LogP contribution in [0.4, 0.5) is 0 Å². The summed E-state index contributed by atoms with van der Waals surface area (Å²) in [6, 6.07) is -1.10. The van der Waals surface area contributed by atoms with Crippen LogP contribution in [0.1, 0.15) is 26.2 Å². The minimum atomic E-state index is -2.11. The van der Waals surface area contributed by atoms with Gasteiger partial charge in [0.2, 0.25) is 5.91 Å². The molecule has 2 rings (SSSR count). The Morgan fingerprint density at radius 1 is 1.00 bits per heavy atom. The van der Waals surface area contributed by atoms with E-state index in [9.17, 15) is 9.59 Å². The minimum Gasteiger partial charge on any atom is -0.409 e. The van der Waals surface area contributed by atoms with Crippen LogP contribution < -0.4 is 5.32 Å². The summed E-state index contributed by atoms with van der Waals surface area (Å²) >= 11 is 1.56. The van der Waals surface area contributed by atoms with Gasteiger partial charge < -0.3 is 28.1 Å². The molecule has 8 atom stereocenters. The van der Waals surface area contributed by atoms with Gasteiger partial charge in [-0.2, -0.15) is 0 Å². The SMILES string of the molecule is CCC[C@@H]1C[C@@H](C(=O)N[C@H](C=O)[C@H]2OC(SC)C(O[Si](C)(C)C)C(O[Si](C)(C)C)C2O[Si](C)(C)C)N(C)C1. The number of aldehydes is 1. The molecule has 1 N–H and O–H groups in total. The number of hydrogen-bond acceptors (Lipinski definition) is 8. The largest absolute Gasteiger partial charge is 0.409 e. The van der Waals surface area contributed by atoms with E-state index < -0.39 is 49.3 Å². The molecule has 0 radical (unpaired) electrons. The topological polar surface area (TPSA) is 86.3 Å². The second-order valence-corrected chi connectivity index (χ2v) is 28.1. The Bertz CT molecular complexity index is 788. The molecule has 1 amide bonds. The maximum absolute atomic E-state index is 13.5. The van der Waals surface area contributed by atoms with Crippen LogP contribution >= 0.6 is 11.8 Å². The van der Waals surface area contributed by atoms with Crippen molar-refractivity contribution in [3.8, 4) is 0 Å². The Balaban J connectivity index is 2.44. The normalized spacial score (nSPS) is 32.3. The molecular weight excluding hydrogens is 553 g/mol. The highest BCUT2D eigenvalue weighted by Gasteiger charge is 2.53. The second kappa shape index (κ2) is 13.7. The van der Waals surface area contributed by atoms with Crippen LogP contribution in [0.15, 0.2) is 0 Å². The van der Waals surface area contributed by atoms with Crippen LogP contribution in [0.3, 0.4) is 0 Å². The Kier molecular flexibility index (Phi) is 12.3. The predicted octanol–water partition coefficient (Wildman–Crippen LogP) is 4.54. The Hall–Kier alpha value is -0.0594. The molecule has 0 spiro atoms. The standard InChI is InChI=1S/C26H54N2O6SSi3/c1-13-14-18-15-20(28(2)16-18)25(30)27-19(17-29)21-22(32-36(4,5)6)23(33-37(7,8)9)24(26(31-21)35-3)34-38(10,11)12/h17-24,26H,13-16H2,1-12H3,(H,27,30)/t18-,19-,20+,21-,22?,23?,24?,26?/m1/s1. The quantitative estimate of drug-likeness (QED) is 0.242. The summed E-state index contributed by atoms with van der Waals surface area (Å²) < 4.78 is 26.9. The lowest BCUT2D eigenvalue weighted by atomic mass is 9.94. The van der Waals surface area contributed by atoms with E-state index in [-0.39, 0.29) is 23.5 Å². The smallest absolute Gasteiger partial charge is 0.238 e. The molecule has 2 fully saturated rings. The van der Waals surface area contributed by atoms with Crippen LogP contribution in [0, 0.1) is 5.92 Å². The van der Waals surface area contributed by atoms with E-state index in [0.29, 0.717) is 5.92 Å². The third-order valence-electron chi connectivity index (χ3n) is 6.68. The molecule has 2 heterocycles. The Morgan fingerprint density at radius 3 is 2.00 bits per heavy atom.